The number of thiol groups is 1. The molecule has 0 aromatic rings. The van der Waals surface area contributed by atoms with Crippen LogP contribution in [0.25, 0.3) is 0 Å². The first-order valence-corrected chi connectivity index (χ1v) is 4.24. The van der Waals surface area contributed by atoms with Gasteiger partial charge in [0.2, 0.25) is 0 Å². The number of rotatable bonds is 3. The molecule has 0 N–H and O–H groups in total. The topological polar surface area (TPSA) is 0 Å². The Morgan fingerprint density at radius 1 is 1.33 bits per heavy atom. The molecule has 0 saturated carbocycles. The van der Waals surface area contributed by atoms with Crippen molar-refractivity contribution in [1.29, 1.82) is 0 Å². The SMILES string of the molecule is SCCCCI. The average Bonchev–Trinajstić information content (AvgIpc) is 1.61. The third-order valence-electron chi connectivity index (χ3n) is 0.542. The Labute approximate surface area is 58.3 Å². The van der Waals surface area contributed by atoms with Gasteiger partial charge in [0, 0.05) is 0 Å². The Bertz CT molecular complexity index is 19.5. The molecule has 0 saturated heterocycles. The van der Waals surface area contributed by atoms with Crippen LogP contribution >= 0.6 is 35.2 Å². The highest BCUT2D eigenvalue weighted by Crippen LogP contribution is 1.94. The fourth-order valence-corrected chi connectivity index (χ4v) is 0.969. The molecule has 2 heteroatoms. The Hall–Kier alpha value is 1.08. The third kappa shape index (κ3) is 5.08. The quantitative estimate of drug-likeness (QED) is 0.317. The van der Waals surface area contributed by atoms with Crippen LogP contribution in [0.3, 0.4) is 0 Å². The summed E-state index contributed by atoms with van der Waals surface area (Å²) in [5.41, 5.74) is 0. The maximum Gasteiger partial charge on any atom is -0.000444 e. The zero-order chi connectivity index (χ0) is 4.83. The second-order valence-corrected chi connectivity index (χ2v) is 2.65. The highest BCUT2D eigenvalue weighted by atomic mass is 127. The molecule has 0 aliphatic heterocycles. The van der Waals surface area contributed by atoms with Crippen molar-refractivity contribution in [1.82, 2.24) is 0 Å². The van der Waals surface area contributed by atoms with Crippen LogP contribution < -0.4 is 0 Å². The average molecular weight is 216 g/mol. The molecule has 0 heterocycles. The summed E-state index contributed by atoms with van der Waals surface area (Å²) >= 11 is 6.43. The second kappa shape index (κ2) is 6.08. The molecule has 0 unspecified atom stereocenters. The number of unbranched alkanes of at least 4 members (excludes halogenated alkanes) is 1. The summed E-state index contributed by atoms with van der Waals surface area (Å²) in [6.45, 7) is 0. The summed E-state index contributed by atoms with van der Waals surface area (Å²) in [4.78, 5) is 0. The largest absolute Gasteiger partial charge is 0.179 e. The summed E-state index contributed by atoms with van der Waals surface area (Å²) in [6.07, 6.45) is 2.59. The number of halogens is 1. The van der Waals surface area contributed by atoms with Crippen LogP contribution in [-0.2, 0) is 0 Å². The van der Waals surface area contributed by atoms with Crippen molar-refractivity contribution in [3.05, 3.63) is 0 Å². The van der Waals surface area contributed by atoms with E-state index in [1.54, 1.807) is 0 Å². The lowest BCUT2D eigenvalue weighted by Crippen LogP contribution is -1.74. The predicted octanol–water partition coefficient (Wildman–Crippen LogP) is 2.13. The molecule has 0 aromatic carbocycles. The van der Waals surface area contributed by atoms with Gasteiger partial charge < -0.3 is 0 Å². The fraction of sp³-hybridized carbons (Fsp3) is 1.00. The van der Waals surface area contributed by atoms with Gasteiger partial charge in [0.1, 0.15) is 0 Å². The van der Waals surface area contributed by atoms with E-state index in [4.69, 9.17) is 0 Å². The van der Waals surface area contributed by atoms with Crippen molar-refractivity contribution >= 4 is 35.2 Å². The Kier molecular flexibility index (Phi) is 7.17. The van der Waals surface area contributed by atoms with Gasteiger partial charge in [-0.2, -0.15) is 12.6 Å². The molecule has 0 amide bonds. The van der Waals surface area contributed by atoms with Gasteiger partial charge in [-0.25, -0.2) is 0 Å². The van der Waals surface area contributed by atoms with Crippen molar-refractivity contribution in [2.45, 2.75) is 12.8 Å². The molecule has 0 fully saturated rings. The summed E-state index contributed by atoms with van der Waals surface area (Å²) in [5.74, 6) is 1.04. The van der Waals surface area contributed by atoms with Gasteiger partial charge in [-0.1, -0.05) is 22.6 Å². The van der Waals surface area contributed by atoms with Gasteiger partial charge in [0.25, 0.3) is 0 Å². The zero-order valence-electron chi connectivity index (χ0n) is 3.65. The first-order chi connectivity index (χ1) is 2.91. The van der Waals surface area contributed by atoms with Crippen molar-refractivity contribution in [2.24, 2.45) is 0 Å². The van der Waals surface area contributed by atoms with Crippen LogP contribution in [0.2, 0.25) is 0 Å². The van der Waals surface area contributed by atoms with Gasteiger partial charge in [-0.05, 0) is 23.0 Å². The predicted molar refractivity (Wildman–Crippen MR) is 42.0 cm³/mol. The summed E-state index contributed by atoms with van der Waals surface area (Å²) in [5, 5.41) is 0. The maximum absolute atomic E-state index is 4.05. The van der Waals surface area contributed by atoms with Crippen molar-refractivity contribution in [3.63, 3.8) is 0 Å². The first-order valence-electron chi connectivity index (χ1n) is 2.08. The monoisotopic (exact) mass is 216 g/mol. The zero-order valence-corrected chi connectivity index (χ0v) is 6.71. The highest BCUT2D eigenvalue weighted by molar-refractivity contribution is 14.1. The van der Waals surface area contributed by atoms with E-state index in [0.29, 0.717) is 0 Å². The number of hydrogen-bond acceptors (Lipinski definition) is 1. The third-order valence-corrected chi connectivity index (χ3v) is 1.62. The molecule has 38 valence electrons. The molecule has 0 radical (unpaired) electrons. The van der Waals surface area contributed by atoms with Crippen molar-refractivity contribution < 1.29 is 0 Å². The van der Waals surface area contributed by atoms with E-state index in [-0.39, 0.29) is 0 Å². The lowest BCUT2D eigenvalue weighted by Gasteiger charge is -1.84. The van der Waals surface area contributed by atoms with E-state index in [2.05, 4.69) is 35.2 Å². The smallest absolute Gasteiger partial charge is 0.000444 e. The molecule has 0 atom stereocenters. The molecule has 0 aromatic heterocycles. The van der Waals surface area contributed by atoms with Crippen LogP contribution in [0.15, 0.2) is 0 Å². The lowest BCUT2D eigenvalue weighted by molar-refractivity contribution is 0.922. The summed E-state index contributed by atoms with van der Waals surface area (Å²) in [7, 11) is 0. The minimum Gasteiger partial charge on any atom is -0.179 e. The van der Waals surface area contributed by atoms with Crippen LogP contribution in [0.5, 0.6) is 0 Å². The molecule has 0 rings (SSSR count). The van der Waals surface area contributed by atoms with Gasteiger partial charge in [-0.15, -0.1) is 0 Å². The molecule has 0 nitrogen and oxygen atoms in total. The van der Waals surface area contributed by atoms with E-state index in [0.717, 1.165) is 5.75 Å². The van der Waals surface area contributed by atoms with Crippen LogP contribution in [-0.4, -0.2) is 10.2 Å². The second-order valence-electron chi connectivity index (χ2n) is 1.12. The van der Waals surface area contributed by atoms with Gasteiger partial charge >= 0.3 is 0 Å². The molecule has 0 aliphatic rings. The van der Waals surface area contributed by atoms with E-state index in [1.165, 1.54) is 17.3 Å². The van der Waals surface area contributed by atoms with E-state index < -0.39 is 0 Å². The van der Waals surface area contributed by atoms with Crippen molar-refractivity contribution in [3.8, 4) is 0 Å². The van der Waals surface area contributed by atoms with Gasteiger partial charge in [0.15, 0.2) is 0 Å². The Morgan fingerprint density at radius 2 is 2.00 bits per heavy atom. The molecule has 0 spiro atoms. The molecule has 0 bridgehead atoms. The Morgan fingerprint density at radius 3 is 2.17 bits per heavy atom. The standard InChI is InChI=1S/C4H9IS/c5-3-1-2-4-6/h6H,1-4H2. The fourth-order valence-electron chi connectivity index (χ4n) is 0.206. The van der Waals surface area contributed by atoms with Gasteiger partial charge in [0.05, 0.1) is 0 Å². The first kappa shape index (κ1) is 7.08. The Balaban J connectivity index is 2.34. The molecule has 0 aliphatic carbocycles. The highest BCUT2D eigenvalue weighted by Gasteiger charge is 1.77. The van der Waals surface area contributed by atoms with E-state index in [1.807, 2.05) is 0 Å². The van der Waals surface area contributed by atoms with Crippen LogP contribution in [0.4, 0.5) is 0 Å². The minimum atomic E-state index is 1.04. The molecular formula is C4H9IS. The minimum absolute atomic E-state index is 1.04. The maximum atomic E-state index is 4.05. The van der Waals surface area contributed by atoms with E-state index >= 15 is 0 Å². The number of hydrogen-bond donors (Lipinski definition) is 1. The molecular weight excluding hydrogens is 207 g/mol. The lowest BCUT2D eigenvalue weighted by atomic mass is 10.4. The normalized spacial score (nSPS) is 9.00. The van der Waals surface area contributed by atoms with Crippen LogP contribution in [0.1, 0.15) is 12.8 Å². The van der Waals surface area contributed by atoms with Crippen LogP contribution in [0, 0.1) is 0 Å². The van der Waals surface area contributed by atoms with Crippen molar-refractivity contribution in [2.75, 3.05) is 10.2 Å². The summed E-state index contributed by atoms with van der Waals surface area (Å²) in [6, 6.07) is 0. The van der Waals surface area contributed by atoms with Gasteiger partial charge in [-0.3, -0.25) is 0 Å². The number of alkyl halides is 1. The molecule has 6 heavy (non-hydrogen) atoms. The van der Waals surface area contributed by atoms with E-state index in [9.17, 15) is 0 Å². The summed E-state index contributed by atoms with van der Waals surface area (Å²) < 4.78 is 1.28.